The molecule has 3 aromatic rings. The Morgan fingerprint density at radius 3 is 2.29 bits per heavy atom. The van der Waals surface area contributed by atoms with Crippen LogP contribution in [0.15, 0.2) is 60.7 Å². The molecule has 8 nitrogen and oxygen atoms in total. The maximum atomic E-state index is 5.61. The van der Waals surface area contributed by atoms with Crippen molar-refractivity contribution in [2.45, 2.75) is 26.3 Å². The summed E-state index contributed by atoms with van der Waals surface area (Å²) in [6, 6.07) is 20.7. The van der Waals surface area contributed by atoms with E-state index in [9.17, 15) is 0 Å². The predicted molar refractivity (Wildman–Crippen MR) is 160 cm³/mol. The average Bonchev–Trinajstić information content (AvgIpc) is 2.97. The molecule has 38 heavy (non-hydrogen) atoms. The Balaban J connectivity index is 1.29. The van der Waals surface area contributed by atoms with Crippen LogP contribution < -0.4 is 30.1 Å². The van der Waals surface area contributed by atoms with Crippen molar-refractivity contribution in [3.05, 3.63) is 66.2 Å². The smallest absolute Gasteiger partial charge is 0.232 e. The van der Waals surface area contributed by atoms with Gasteiger partial charge in [0.1, 0.15) is 17.4 Å². The second-order valence-corrected chi connectivity index (χ2v) is 10.5. The van der Waals surface area contributed by atoms with E-state index in [1.807, 2.05) is 24.3 Å². The zero-order valence-electron chi connectivity index (χ0n) is 22.3. The molecule has 3 heterocycles. The van der Waals surface area contributed by atoms with Gasteiger partial charge in [-0.05, 0) is 60.8 Å². The van der Waals surface area contributed by atoms with Crippen molar-refractivity contribution in [3.8, 4) is 5.75 Å². The van der Waals surface area contributed by atoms with Crippen LogP contribution in [0.3, 0.4) is 0 Å². The van der Waals surface area contributed by atoms with Gasteiger partial charge in [0.15, 0.2) is 5.11 Å². The summed E-state index contributed by atoms with van der Waals surface area (Å²) in [5.74, 6) is 3.94. The van der Waals surface area contributed by atoms with Crippen LogP contribution in [0.5, 0.6) is 5.75 Å². The SMILES string of the molecule is COc1ccc(CNC(=S)Nc2nc(N3CCN(c4ccccc4)CC3)cc(N3CCC[C@H](C)C3)n2)cc1. The Morgan fingerprint density at radius 1 is 0.921 bits per heavy atom. The molecule has 2 aliphatic rings. The predicted octanol–water partition coefficient (Wildman–Crippen LogP) is 4.53. The first kappa shape index (κ1) is 26.0. The van der Waals surface area contributed by atoms with Crippen LogP contribution in [0.1, 0.15) is 25.3 Å². The molecule has 0 saturated carbocycles. The largest absolute Gasteiger partial charge is 0.497 e. The molecule has 9 heteroatoms. The highest BCUT2D eigenvalue weighted by atomic mass is 32.1. The van der Waals surface area contributed by atoms with E-state index in [1.165, 1.54) is 18.5 Å². The molecule has 1 atom stereocenters. The fourth-order valence-electron chi connectivity index (χ4n) is 5.10. The van der Waals surface area contributed by atoms with Gasteiger partial charge in [-0.15, -0.1) is 0 Å². The second kappa shape index (κ2) is 12.3. The number of rotatable bonds is 7. The fraction of sp³-hybridized carbons (Fsp3) is 0.414. The number of benzene rings is 2. The lowest BCUT2D eigenvalue weighted by atomic mass is 10.0. The minimum absolute atomic E-state index is 0.504. The molecule has 0 aliphatic carbocycles. The zero-order chi connectivity index (χ0) is 26.3. The number of hydrogen-bond acceptors (Lipinski definition) is 7. The molecular formula is C29H37N7OS. The zero-order valence-corrected chi connectivity index (χ0v) is 23.1. The number of methoxy groups -OCH3 is 1. The molecule has 0 amide bonds. The maximum absolute atomic E-state index is 5.61. The number of piperidine rings is 1. The lowest BCUT2D eigenvalue weighted by Crippen LogP contribution is -2.47. The Kier molecular flexibility index (Phi) is 8.43. The number of ether oxygens (including phenoxy) is 1. The highest BCUT2D eigenvalue weighted by Crippen LogP contribution is 2.27. The van der Waals surface area contributed by atoms with Crippen molar-refractivity contribution in [3.63, 3.8) is 0 Å². The molecule has 2 aliphatic heterocycles. The lowest BCUT2D eigenvalue weighted by Gasteiger charge is -2.37. The second-order valence-electron chi connectivity index (χ2n) is 10.1. The van der Waals surface area contributed by atoms with E-state index in [-0.39, 0.29) is 0 Å². The number of hydrogen-bond donors (Lipinski definition) is 2. The molecule has 0 spiro atoms. The molecule has 0 unspecified atom stereocenters. The van der Waals surface area contributed by atoms with Gasteiger partial charge in [0, 0.05) is 57.6 Å². The normalized spacial score (nSPS) is 17.7. The monoisotopic (exact) mass is 531 g/mol. The number of anilines is 4. The third-order valence-electron chi connectivity index (χ3n) is 7.24. The standard InChI is InChI=1S/C29H37N7OS/c1-22-7-6-14-36(21-22)27-19-26(35-17-15-34(16-18-35)24-8-4-3-5-9-24)31-28(32-27)33-29(38)30-20-23-10-12-25(37-2)13-11-23/h3-5,8-13,19,22H,6-7,14-18,20-21H2,1-2H3,(H2,30,31,32,33,38)/t22-/m0/s1. The maximum Gasteiger partial charge on any atom is 0.232 e. The van der Waals surface area contributed by atoms with Gasteiger partial charge < -0.3 is 30.1 Å². The molecule has 0 radical (unpaired) electrons. The highest BCUT2D eigenvalue weighted by Gasteiger charge is 2.23. The van der Waals surface area contributed by atoms with Crippen molar-refractivity contribution < 1.29 is 4.74 Å². The first-order valence-electron chi connectivity index (χ1n) is 13.4. The molecule has 2 N–H and O–H groups in total. The molecular weight excluding hydrogens is 494 g/mol. The average molecular weight is 532 g/mol. The first-order valence-corrected chi connectivity index (χ1v) is 13.8. The van der Waals surface area contributed by atoms with Crippen LogP contribution in [0.2, 0.25) is 0 Å². The van der Waals surface area contributed by atoms with E-state index in [4.69, 9.17) is 26.9 Å². The Labute approximate surface area is 231 Å². The van der Waals surface area contributed by atoms with Crippen molar-refractivity contribution in [1.29, 1.82) is 0 Å². The van der Waals surface area contributed by atoms with Crippen molar-refractivity contribution in [1.82, 2.24) is 15.3 Å². The van der Waals surface area contributed by atoms with Crippen LogP contribution in [0, 0.1) is 5.92 Å². The quantitative estimate of drug-likeness (QED) is 0.428. The third kappa shape index (κ3) is 6.64. The van der Waals surface area contributed by atoms with Gasteiger partial charge in [0.2, 0.25) is 5.95 Å². The minimum atomic E-state index is 0.504. The van der Waals surface area contributed by atoms with E-state index in [0.29, 0.717) is 23.5 Å². The Hall–Kier alpha value is -3.59. The first-order chi connectivity index (χ1) is 18.6. The van der Waals surface area contributed by atoms with E-state index in [0.717, 1.165) is 62.2 Å². The molecule has 0 bridgehead atoms. The van der Waals surface area contributed by atoms with E-state index in [1.54, 1.807) is 7.11 Å². The summed E-state index contributed by atoms with van der Waals surface area (Å²) in [6.45, 7) is 8.66. The van der Waals surface area contributed by atoms with Gasteiger partial charge in [-0.1, -0.05) is 37.3 Å². The molecule has 2 saturated heterocycles. The van der Waals surface area contributed by atoms with Crippen molar-refractivity contribution in [2.75, 3.05) is 66.4 Å². The van der Waals surface area contributed by atoms with E-state index in [2.05, 4.69) is 68.7 Å². The van der Waals surface area contributed by atoms with Gasteiger partial charge >= 0.3 is 0 Å². The lowest BCUT2D eigenvalue weighted by molar-refractivity contribution is 0.414. The van der Waals surface area contributed by atoms with Crippen LogP contribution in [0.4, 0.5) is 23.3 Å². The van der Waals surface area contributed by atoms with Gasteiger partial charge in [-0.3, -0.25) is 0 Å². The summed E-state index contributed by atoms with van der Waals surface area (Å²) < 4.78 is 5.25. The highest BCUT2D eigenvalue weighted by molar-refractivity contribution is 7.80. The molecule has 1 aromatic heterocycles. The number of piperazine rings is 1. The van der Waals surface area contributed by atoms with Crippen LogP contribution in [-0.4, -0.2) is 61.5 Å². The number of thiocarbonyl (C=S) groups is 1. The van der Waals surface area contributed by atoms with Crippen LogP contribution in [0.25, 0.3) is 0 Å². The number of aromatic nitrogens is 2. The van der Waals surface area contributed by atoms with Gasteiger partial charge in [0.05, 0.1) is 7.11 Å². The van der Waals surface area contributed by atoms with Gasteiger partial charge in [-0.25, -0.2) is 0 Å². The third-order valence-corrected chi connectivity index (χ3v) is 7.49. The Bertz CT molecular complexity index is 1200. The minimum Gasteiger partial charge on any atom is -0.497 e. The summed E-state index contributed by atoms with van der Waals surface area (Å²) in [5, 5.41) is 7.03. The van der Waals surface area contributed by atoms with E-state index < -0.39 is 0 Å². The topological polar surface area (TPSA) is 68.8 Å². The van der Waals surface area contributed by atoms with Crippen LogP contribution in [-0.2, 0) is 6.54 Å². The van der Waals surface area contributed by atoms with Crippen molar-refractivity contribution >= 4 is 40.6 Å². The van der Waals surface area contributed by atoms with Gasteiger partial charge in [0.25, 0.3) is 0 Å². The molecule has 5 rings (SSSR count). The number of nitrogens with zero attached hydrogens (tertiary/aromatic N) is 5. The van der Waals surface area contributed by atoms with Crippen LogP contribution >= 0.6 is 12.2 Å². The summed E-state index contributed by atoms with van der Waals surface area (Å²) >= 11 is 5.61. The summed E-state index contributed by atoms with van der Waals surface area (Å²) in [4.78, 5) is 17.0. The molecule has 2 aromatic carbocycles. The van der Waals surface area contributed by atoms with Crippen molar-refractivity contribution in [2.24, 2.45) is 5.92 Å². The number of para-hydroxylation sites is 1. The summed E-state index contributed by atoms with van der Waals surface area (Å²) in [7, 11) is 1.67. The fourth-order valence-corrected chi connectivity index (χ4v) is 5.27. The number of nitrogens with one attached hydrogen (secondary N) is 2. The summed E-state index contributed by atoms with van der Waals surface area (Å²) in [5.41, 5.74) is 2.39. The van der Waals surface area contributed by atoms with Gasteiger partial charge in [-0.2, -0.15) is 9.97 Å². The summed E-state index contributed by atoms with van der Waals surface area (Å²) in [6.07, 6.45) is 2.45. The van der Waals surface area contributed by atoms with E-state index >= 15 is 0 Å². The Morgan fingerprint density at radius 2 is 1.61 bits per heavy atom. The molecule has 2 fully saturated rings. The molecule has 200 valence electrons.